The Hall–Kier alpha value is -2.73. The highest BCUT2D eigenvalue weighted by molar-refractivity contribution is 6.30. The number of fused-ring (bicyclic) bond motifs is 1. The molecule has 1 N–H and O–H groups in total. The summed E-state index contributed by atoms with van der Waals surface area (Å²) in [7, 11) is 1.85. The average molecular weight is 529 g/mol. The first-order valence-electron chi connectivity index (χ1n) is 13.5. The standard InChI is InChI=1S/C30H41ClN2O4/c1-4-10-24-19-26(31)12-13-27(24)25-20-33(16-9-7-5-6-8-15-32(3)22(2)34)28-17-23(18-30(35)36)11-14-29(28)37-21-25/h11-14,17,19,25H,4-10,15-16,18,20-21H2,1-3H3,(H,35,36). The van der Waals surface area contributed by atoms with Gasteiger partial charge in [0.2, 0.25) is 5.91 Å². The van der Waals surface area contributed by atoms with Gasteiger partial charge in [0.15, 0.2) is 0 Å². The predicted molar refractivity (Wildman–Crippen MR) is 150 cm³/mol. The number of carboxylic acids is 1. The van der Waals surface area contributed by atoms with Crippen molar-refractivity contribution in [3.63, 3.8) is 0 Å². The lowest BCUT2D eigenvalue weighted by Crippen LogP contribution is -2.30. The fourth-order valence-corrected chi connectivity index (χ4v) is 5.22. The second kappa shape index (κ2) is 14.3. The van der Waals surface area contributed by atoms with E-state index < -0.39 is 5.97 Å². The van der Waals surface area contributed by atoms with E-state index in [-0.39, 0.29) is 18.2 Å². The molecule has 0 spiro atoms. The molecule has 202 valence electrons. The van der Waals surface area contributed by atoms with Crippen LogP contribution in [0.15, 0.2) is 36.4 Å². The van der Waals surface area contributed by atoms with Crippen LogP contribution in [0.4, 0.5) is 5.69 Å². The number of hydrogen-bond donors (Lipinski definition) is 1. The molecule has 1 aliphatic heterocycles. The summed E-state index contributed by atoms with van der Waals surface area (Å²) in [5.74, 6) is 0.285. The Morgan fingerprint density at radius 3 is 2.59 bits per heavy atom. The molecule has 3 rings (SSSR count). The minimum Gasteiger partial charge on any atom is -0.491 e. The van der Waals surface area contributed by atoms with E-state index in [1.807, 2.05) is 31.3 Å². The van der Waals surface area contributed by atoms with Crippen molar-refractivity contribution in [2.24, 2.45) is 0 Å². The summed E-state index contributed by atoms with van der Waals surface area (Å²) in [5, 5.41) is 10.1. The summed E-state index contributed by atoms with van der Waals surface area (Å²) in [6, 6.07) is 11.9. The number of aryl methyl sites for hydroxylation is 1. The zero-order chi connectivity index (χ0) is 26.8. The van der Waals surface area contributed by atoms with Gasteiger partial charge in [-0.2, -0.15) is 0 Å². The van der Waals surface area contributed by atoms with E-state index in [4.69, 9.17) is 16.3 Å². The van der Waals surface area contributed by atoms with Gasteiger partial charge in [0, 0.05) is 44.5 Å². The Kier molecular flexibility index (Phi) is 11.1. The fraction of sp³-hybridized carbons (Fsp3) is 0.533. The molecule has 7 heteroatoms. The quantitative estimate of drug-likeness (QED) is 0.307. The molecule has 2 aromatic rings. The number of benzene rings is 2. The highest BCUT2D eigenvalue weighted by Crippen LogP contribution is 2.37. The lowest BCUT2D eigenvalue weighted by molar-refractivity contribution is -0.136. The van der Waals surface area contributed by atoms with Crippen LogP contribution in [0.25, 0.3) is 0 Å². The van der Waals surface area contributed by atoms with Crippen molar-refractivity contribution >= 4 is 29.2 Å². The summed E-state index contributed by atoms with van der Waals surface area (Å²) >= 11 is 6.33. The molecule has 0 radical (unpaired) electrons. The minimum absolute atomic E-state index is 0.00289. The first kappa shape index (κ1) is 28.8. The molecular weight excluding hydrogens is 488 g/mol. The van der Waals surface area contributed by atoms with Gasteiger partial charge < -0.3 is 19.6 Å². The minimum atomic E-state index is -0.834. The SMILES string of the molecule is CCCc1cc(Cl)ccc1C1COc2ccc(CC(=O)O)cc2N(CCCCCCCN(C)C(C)=O)C1. The van der Waals surface area contributed by atoms with Gasteiger partial charge in [0.25, 0.3) is 0 Å². The van der Waals surface area contributed by atoms with Crippen LogP contribution in [0.5, 0.6) is 5.75 Å². The van der Waals surface area contributed by atoms with Gasteiger partial charge in [-0.1, -0.05) is 56.3 Å². The number of rotatable bonds is 13. The van der Waals surface area contributed by atoms with Crippen LogP contribution in [0.2, 0.25) is 5.02 Å². The van der Waals surface area contributed by atoms with Gasteiger partial charge in [-0.3, -0.25) is 9.59 Å². The normalized spacial score (nSPS) is 15.0. The predicted octanol–water partition coefficient (Wildman–Crippen LogP) is 6.33. The van der Waals surface area contributed by atoms with E-state index in [0.717, 1.165) is 86.6 Å². The highest BCUT2D eigenvalue weighted by atomic mass is 35.5. The topological polar surface area (TPSA) is 70.1 Å². The van der Waals surface area contributed by atoms with E-state index in [9.17, 15) is 14.7 Å². The van der Waals surface area contributed by atoms with Crippen LogP contribution >= 0.6 is 11.6 Å². The number of unbranched alkanes of at least 4 members (excludes halogenated alkanes) is 4. The van der Waals surface area contributed by atoms with Gasteiger partial charge >= 0.3 is 5.97 Å². The molecule has 1 aliphatic rings. The lowest BCUT2D eigenvalue weighted by atomic mass is 9.92. The molecule has 0 saturated carbocycles. The summed E-state index contributed by atoms with van der Waals surface area (Å²) in [6.45, 7) is 6.86. The van der Waals surface area contributed by atoms with Crippen molar-refractivity contribution in [1.29, 1.82) is 0 Å². The van der Waals surface area contributed by atoms with Crippen LogP contribution < -0.4 is 9.64 Å². The Balaban J connectivity index is 1.72. The number of carbonyl (C=O) groups excluding carboxylic acids is 1. The highest BCUT2D eigenvalue weighted by Gasteiger charge is 2.26. The first-order valence-corrected chi connectivity index (χ1v) is 13.9. The van der Waals surface area contributed by atoms with Crippen LogP contribution in [0.1, 0.15) is 75.0 Å². The summed E-state index contributed by atoms with van der Waals surface area (Å²) < 4.78 is 6.32. The number of ether oxygens (including phenoxy) is 1. The maximum atomic E-state index is 11.4. The Labute approximate surface area is 226 Å². The summed E-state index contributed by atoms with van der Waals surface area (Å²) in [5.41, 5.74) is 4.32. The van der Waals surface area contributed by atoms with Gasteiger partial charge in [-0.25, -0.2) is 0 Å². The Bertz CT molecular complexity index is 1060. The summed E-state index contributed by atoms with van der Waals surface area (Å²) in [4.78, 5) is 26.9. The number of aliphatic carboxylic acids is 1. The third-order valence-corrected chi connectivity index (χ3v) is 7.36. The molecule has 0 aromatic heterocycles. The maximum absolute atomic E-state index is 11.4. The van der Waals surface area contributed by atoms with E-state index >= 15 is 0 Å². The van der Waals surface area contributed by atoms with Crippen LogP contribution in [-0.2, 0) is 22.4 Å². The van der Waals surface area contributed by atoms with Crippen molar-refractivity contribution in [3.8, 4) is 5.75 Å². The maximum Gasteiger partial charge on any atom is 0.307 e. The number of nitrogens with zero attached hydrogens (tertiary/aromatic N) is 2. The molecule has 1 atom stereocenters. The van der Waals surface area contributed by atoms with Crippen molar-refractivity contribution < 1.29 is 19.4 Å². The lowest BCUT2D eigenvalue weighted by Gasteiger charge is -2.28. The average Bonchev–Trinajstić information content (AvgIpc) is 3.02. The Morgan fingerprint density at radius 2 is 1.86 bits per heavy atom. The Morgan fingerprint density at radius 1 is 1.11 bits per heavy atom. The van der Waals surface area contributed by atoms with Gasteiger partial charge in [-0.05, 0) is 60.2 Å². The number of anilines is 1. The van der Waals surface area contributed by atoms with Crippen LogP contribution in [0, 0.1) is 0 Å². The monoisotopic (exact) mass is 528 g/mol. The molecule has 0 aliphatic carbocycles. The number of halogens is 1. The smallest absolute Gasteiger partial charge is 0.307 e. The zero-order valence-corrected chi connectivity index (χ0v) is 23.2. The second-order valence-electron chi connectivity index (χ2n) is 10.1. The molecule has 1 amide bonds. The number of hydrogen-bond acceptors (Lipinski definition) is 4. The van der Waals surface area contributed by atoms with Gasteiger partial charge in [0.1, 0.15) is 5.75 Å². The largest absolute Gasteiger partial charge is 0.491 e. The van der Waals surface area contributed by atoms with E-state index in [1.165, 1.54) is 11.1 Å². The van der Waals surface area contributed by atoms with Crippen molar-refractivity contribution in [1.82, 2.24) is 4.90 Å². The first-order chi connectivity index (χ1) is 17.8. The molecule has 0 bridgehead atoms. The third kappa shape index (κ3) is 8.67. The van der Waals surface area contributed by atoms with Crippen molar-refractivity contribution in [2.75, 3.05) is 38.2 Å². The van der Waals surface area contributed by atoms with E-state index in [2.05, 4.69) is 24.0 Å². The number of amides is 1. The van der Waals surface area contributed by atoms with Gasteiger partial charge in [0.05, 0.1) is 18.7 Å². The van der Waals surface area contributed by atoms with Crippen LogP contribution in [-0.4, -0.2) is 55.2 Å². The molecule has 1 unspecified atom stereocenters. The van der Waals surface area contributed by atoms with Crippen molar-refractivity contribution in [2.45, 2.75) is 71.1 Å². The molecule has 37 heavy (non-hydrogen) atoms. The molecule has 0 saturated heterocycles. The molecule has 1 heterocycles. The second-order valence-corrected chi connectivity index (χ2v) is 10.6. The van der Waals surface area contributed by atoms with Gasteiger partial charge in [-0.15, -0.1) is 0 Å². The number of carbonyl (C=O) groups is 2. The van der Waals surface area contributed by atoms with E-state index in [0.29, 0.717) is 6.61 Å². The van der Waals surface area contributed by atoms with Crippen LogP contribution in [0.3, 0.4) is 0 Å². The van der Waals surface area contributed by atoms with E-state index in [1.54, 1.807) is 11.8 Å². The fourth-order valence-electron chi connectivity index (χ4n) is 5.02. The molecule has 6 nitrogen and oxygen atoms in total. The molecule has 0 fully saturated rings. The summed E-state index contributed by atoms with van der Waals surface area (Å²) in [6.07, 6.45) is 7.42. The zero-order valence-electron chi connectivity index (χ0n) is 22.5. The number of carboxylic acid groups (broad SMARTS) is 1. The molecular formula is C30H41ClN2O4. The molecule has 2 aromatic carbocycles. The third-order valence-electron chi connectivity index (χ3n) is 7.12. The van der Waals surface area contributed by atoms with Crippen molar-refractivity contribution in [3.05, 3.63) is 58.1 Å².